The van der Waals surface area contributed by atoms with Crippen LogP contribution in [0.3, 0.4) is 0 Å². The third kappa shape index (κ3) is 2.94. The van der Waals surface area contributed by atoms with Gasteiger partial charge in [0.15, 0.2) is 0 Å². The standard InChI is InChI=1S/C14H21N3O/c1-2-3-7-16-14(18)17-8-6-11-4-5-13(15)9-12(11)10-17/h4-5,9H,2-3,6-8,10,15H2,1H3,(H,16,18). The topological polar surface area (TPSA) is 58.4 Å². The molecule has 3 N–H and O–H groups in total. The SMILES string of the molecule is CCCCNC(=O)N1CCc2ccc(N)cc2C1. The van der Waals surface area contributed by atoms with Crippen LogP contribution < -0.4 is 11.1 Å². The van der Waals surface area contributed by atoms with Crippen LogP contribution in [0.2, 0.25) is 0 Å². The first-order valence-electron chi connectivity index (χ1n) is 6.60. The van der Waals surface area contributed by atoms with Crippen molar-refractivity contribution in [3.8, 4) is 0 Å². The second-order valence-corrected chi connectivity index (χ2v) is 4.79. The molecule has 18 heavy (non-hydrogen) atoms. The number of anilines is 1. The van der Waals surface area contributed by atoms with Gasteiger partial charge in [0.1, 0.15) is 0 Å². The minimum Gasteiger partial charge on any atom is -0.399 e. The Bertz CT molecular complexity index is 431. The largest absolute Gasteiger partial charge is 0.399 e. The van der Waals surface area contributed by atoms with E-state index in [1.807, 2.05) is 17.0 Å². The highest BCUT2D eigenvalue weighted by molar-refractivity contribution is 5.74. The Labute approximate surface area is 108 Å². The van der Waals surface area contributed by atoms with Gasteiger partial charge in [0.2, 0.25) is 0 Å². The van der Waals surface area contributed by atoms with E-state index in [9.17, 15) is 4.79 Å². The Morgan fingerprint density at radius 2 is 2.28 bits per heavy atom. The second kappa shape index (κ2) is 5.76. The lowest BCUT2D eigenvalue weighted by molar-refractivity contribution is 0.192. The molecule has 98 valence electrons. The quantitative estimate of drug-likeness (QED) is 0.635. The van der Waals surface area contributed by atoms with E-state index in [2.05, 4.69) is 18.3 Å². The Morgan fingerprint density at radius 3 is 3.06 bits per heavy atom. The molecule has 0 saturated carbocycles. The molecule has 1 heterocycles. The van der Waals surface area contributed by atoms with E-state index in [1.54, 1.807) is 0 Å². The summed E-state index contributed by atoms with van der Waals surface area (Å²) in [4.78, 5) is 13.8. The van der Waals surface area contributed by atoms with Gasteiger partial charge < -0.3 is 16.0 Å². The molecule has 0 fully saturated rings. The molecule has 2 amide bonds. The summed E-state index contributed by atoms with van der Waals surface area (Å²) in [6, 6.07) is 6.00. The van der Waals surface area contributed by atoms with Crippen molar-refractivity contribution in [2.75, 3.05) is 18.8 Å². The average molecular weight is 247 g/mol. The summed E-state index contributed by atoms with van der Waals surface area (Å²) in [5, 5.41) is 2.95. The van der Waals surface area contributed by atoms with Crippen LogP contribution in [0.15, 0.2) is 18.2 Å². The van der Waals surface area contributed by atoms with E-state index < -0.39 is 0 Å². The fraction of sp³-hybridized carbons (Fsp3) is 0.500. The van der Waals surface area contributed by atoms with Crippen molar-refractivity contribution in [3.05, 3.63) is 29.3 Å². The van der Waals surface area contributed by atoms with Crippen LogP contribution in [0.4, 0.5) is 10.5 Å². The molecule has 0 unspecified atom stereocenters. The molecule has 4 nitrogen and oxygen atoms in total. The first-order chi connectivity index (χ1) is 8.70. The van der Waals surface area contributed by atoms with E-state index in [4.69, 9.17) is 5.73 Å². The Balaban J connectivity index is 1.96. The predicted octanol–water partition coefficient (Wildman–Crippen LogP) is 2.14. The van der Waals surface area contributed by atoms with E-state index in [0.717, 1.165) is 38.0 Å². The van der Waals surface area contributed by atoms with Crippen molar-refractivity contribution < 1.29 is 4.79 Å². The smallest absolute Gasteiger partial charge is 0.317 e. The number of rotatable bonds is 3. The molecule has 0 atom stereocenters. The molecule has 4 heteroatoms. The number of benzene rings is 1. The van der Waals surface area contributed by atoms with E-state index in [1.165, 1.54) is 11.1 Å². The molecule has 0 radical (unpaired) electrons. The lowest BCUT2D eigenvalue weighted by atomic mass is 9.99. The number of fused-ring (bicyclic) bond motifs is 1. The van der Waals surface area contributed by atoms with Crippen molar-refractivity contribution in [1.82, 2.24) is 10.2 Å². The third-order valence-electron chi connectivity index (χ3n) is 3.34. The highest BCUT2D eigenvalue weighted by Crippen LogP contribution is 2.21. The van der Waals surface area contributed by atoms with Crippen molar-refractivity contribution in [2.45, 2.75) is 32.7 Å². The number of carbonyl (C=O) groups excluding carboxylic acids is 1. The summed E-state index contributed by atoms with van der Waals surface area (Å²) in [7, 11) is 0. The third-order valence-corrected chi connectivity index (χ3v) is 3.34. The zero-order chi connectivity index (χ0) is 13.0. The number of nitrogens with zero attached hydrogens (tertiary/aromatic N) is 1. The monoisotopic (exact) mass is 247 g/mol. The summed E-state index contributed by atoms with van der Waals surface area (Å²) in [6.07, 6.45) is 3.04. The van der Waals surface area contributed by atoms with Gasteiger partial charge in [-0.2, -0.15) is 0 Å². The molecule has 0 aromatic heterocycles. The lowest BCUT2D eigenvalue weighted by Crippen LogP contribution is -2.43. The zero-order valence-electron chi connectivity index (χ0n) is 10.9. The number of nitrogens with one attached hydrogen (secondary N) is 1. The summed E-state index contributed by atoms with van der Waals surface area (Å²) in [5.41, 5.74) is 9.03. The van der Waals surface area contributed by atoms with Crippen molar-refractivity contribution in [3.63, 3.8) is 0 Å². The van der Waals surface area contributed by atoms with Gasteiger partial charge in [-0.25, -0.2) is 4.79 Å². The number of urea groups is 1. The van der Waals surface area contributed by atoms with Crippen LogP contribution >= 0.6 is 0 Å². The number of unbranched alkanes of at least 4 members (excludes halogenated alkanes) is 1. The van der Waals surface area contributed by atoms with E-state index in [0.29, 0.717) is 6.54 Å². The van der Waals surface area contributed by atoms with Crippen LogP contribution in [0, 0.1) is 0 Å². The maximum Gasteiger partial charge on any atom is 0.317 e. The van der Waals surface area contributed by atoms with E-state index in [-0.39, 0.29) is 6.03 Å². The van der Waals surface area contributed by atoms with Gasteiger partial charge in [0.05, 0.1) is 0 Å². The molecule has 1 aromatic carbocycles. The molecular formula is C14H21N3O. The molecule has 0 saturated heterocycles. The van der Waals surface area contributed by atoms with Gasteiger partial charge in [-0.05, 0) is 36.1 Å². The molecule has 1 aliphatic heterocycles. The van der Waals surface area contributed by atoms with Crippen LogP contribution in [0.5, 0.6) is 0 Å². The Hall–Kier alpha value is -1.71. The van der Waals surface area contributed by atoms with Crippen molar-refractivity contribution >= 4 is 11.7 Å². The van der Waals surface area contributed by atoms with Gasteiger partial charge in [-0.3, -0.25) is 0 Å². The van der Waals surface area contributed by atoms with Crippen LogP contribution in [0.1, 0.15) is 30.9 Å². The van der Waals surface area contributed by atoms with Crippen LogP contribution in [0.25, 0.3) is 0 Å². The van der Waals surface area contributed by atoms with Crippen LogP contribution in [-0.2, 0) is 13.0 Å². The van der Waals surface area contributed by atoms with Gasteiger partial charge in [0, 0.05) is 25.3 Å². The zero-order valence-corrected chi connectivity index (χ0v) is 10.9. The normalized spacial score (nSPS) is 14.2. The molecule has 1 aromatic rings. The molecule has 2 rings (SSSR count). The number of carbonyl (C=O) groups is 1. The van der Waals surface area contributed by atoms with E-state index >= 15 is 0 Å². The molecule has 0 aliphatic carbocycles. The highest BCUT2D eigenvalue weighted by Gasteiger charge is 2.20. The van der Waals surface area contributed by atoms with Gasteiger partial charge in [0.25, 0.3) is 0 Å². The van der Waals surface area contributed by atoms with Gasteiger partial charge >= 0.3 is 6.03 Å². The fourth-order valence-electron chi connectivity index (χ4n) is 2.23. The molecular weight excluding hydrogens is 226 g/mol. The predicted molar refractivity (Wildman–Crippen MR) is 73.3 cm³/mol. The van der Waals surface area contributed by atoms with Crippen molar-refractivity contribution in [1.29, 1.82) is 0 Å². The van der Waals surface area contributed by atoms with Crippen LogP contribution in [-0.4, -0.2) is 24.0 Å². The maximum absolute atomic E-state index is 12.0. The number of nitrogens with two attached hydrogens (primary N) is 1. The number of nitrogen functional groups attached to an aromatic ring is 1. The summed E-state index contributed by atoms with van der Waals surface area (Å²) >= 11 is 0. The Kier molecular flexibility index (Phi) is 4.07. The van der Waals surface area contributed by atoms with Gasteiger partial charge in [-0.1, -0.05) is 19.4 Å². The second-order valence-electron chi connectivity index (χ2n) is 4.79. The minimum absolute atomic E-state index is 0.0384. The summed E-state index contributed by atoms with van der Waals surface area (Å²) in [5.74, 6) is 0. The van der Waals surface area contributed by atoms with Gasteiger partial charge in [-0.15, -0.1) is 0 Å². The first-order valence-corrected chi connectivity index (χ1v) is 6.60. The average Bonchev–Trinajstić information content (AvgIpc) is 2.38. The minimum atomic E-state index is 0.0384. The highest BCUT2D eigenvalue weighted by atomic mass is 16.2. The molecule has 1 aliphatic rings. The van der Waals surface area contributed by atoms with Crippen molar-refractivity contribution in [2.24, 2.45) is 0 Å². The maximum atomic E-state index is 12.0. The first kappa shape index (κ1) is 12.7. The number of hydrogen-bond donors (Lipinski definition) is 2. The molecule has 0 spiro atoms. The lowest BCUT2D eigenvalue weighted by Gasteiger charge is -2.29. The summed E-state index contributed by atoms with van der Waals surface area (Å²) < 4.78 is 0. The fourth-order valence-corrected chi connectivity index (χ4v) is 2.23. The summed E-state index contributed by atoms with van der Waals surface area (Å²) in [6.45, 7) is 4.33. The Morgan fingerprint density at radius 1 is 1.44 bits per heavy atom. The number of amides is 2. The number of hydrogen-bond acceptors (Lipinski definition) is 2. The molecule has 0 bridgehead atoms.